The summed E-state index contributed by atoms with van der Waals surface area (Å²) < 4.78 is 29.8. The lowest BCUT2D eigenvalue weighted by atomic mass is 10.2. The van der Waals surface area contributed by atoms with Gasteiger partial charge >= 0.3 is 0 Å². The molecule has 4 aromatic rings. The van der Waals surface area contributed by atoms with E-state index in [0.717, 1.165) is 5.56 Å². The molecule has 2 aromatic heterocycles. The largest absolute Gasteiger partial charge is 0.332 e. The van der Waals surface area contributed by atoms with Crippen molar-refractivity contribution in [3.8, 4) is 0 Å². The van der Waals surface area contributed by atoms with Crippen LogP contribution in [0.5, 0.6) is 0 Å². The normalized spacial score (nSPS) is 11.2. The van der Waals surface area contributed by atoms with E-state index in [1.807, 2.05) is 6.07 Å². The molecule has 0 spiro atoms. The lowest BCUT2D eigenvalue weighted by Crippen LogP contribution is -2.20. The summed E-state index contributed by atoms with van der Waals surface area (Å²) in [6.45, 7) is 0.482. The van der Waals surface area contributed by atoms with Gasteiger partial charge in [0.15, 0.2) is 10.9 Å². The van der Waals surface area contributed by atoms with Crippen molar-refractivity contribution in [2.75, 3.05) is 15.4 Å². The smallest absolute Gasteiger partial charge is 0.264 e. The Labute approximate surface area is 225 Å². The second-order valence-electron chi connectivity index (χ2n) is 7.05. The molecule has 0 aliphatic carbocycles. The molecule has 14 heteroatoms. The van der Waals surface area contributed by atoms with Crippen LogP contribution >= 0.6 is 51.3 Å². The van der Waals surface area contributed by atoms with Crippen LogP contribution in [-0.4, -0.2) is 33.3 Å². The quantitative estimate of drug-likeness (QED) is 0.238. The highest BCUT2D eigenvalue weighted by Gasteiger charge is 2.16. The average Bonchev–Trinajstić information content (AvgIpc) is 3.15. The number of aromatic nitrogens is 4. The van der Waals surface area contributed by atoms with Crippen molar-refractivity contribution in [2.24, 2.45) is 0 Å². The minimum atomic E-state index is -3.83. The first-order chi connectivity index (χ1) is 16.7. The molecule has 2 aromatic carbocycles. The van der Waals surface area contributed by atoms with E-state index in [-0.39, 0.29) is 16.0 Å². The van der Waals surface area contributed by atoms with Gasteiger partial charge in [-0.3, -0.25) is 4.68 Å². The lowest BCUT2D eigenvalue weighted by molar-refractivity contribution is 0.601. The van der Waals surface area contributed by atoms with Crippen molar-refractivity contribution in [1.29, 1.82) is 0 Å². The number of nitrogens with zero attached hydrogens (tertiary/aromatic N) is 4. The van der Waals surface area contributed by atoms with E-state index in [0.29, 0.717) is 32.6 Å². The van der Waals surface area contributed by atoms with Crippen LogP contribution in [0.4, 0.5) is 17.5 Å². The molecule has 0 amide bonds. The predicted octanol–water partition coefficient (Wildman–Crippen LogP) is 5.40. The molecule has 180 valence electrons. The highest BCUT2D eigenvalue weighted by atomic mass is 79.9. The van der Waals surface area contributed by atoms with Crippen molar-refractivity contribution in [3.63, 3.8) is 0 Å². The van der Waals surface area contributed by atoms with E-state index in [4.69, 9.17) is 35.4 Å². The number of sulfonamides is 1. The molecule has 4 rings (SSSR count). The van der Waals surface area contributed by atoms with Gasteiger partial charge in [0.1, 0.15) is 0 Å². The summed E-state index contributed by atoms with van der Waals surface area (Å²) in [5.41, 5.74) is 1.52. The molecule has 0 atom stereocenters. The third kappa shape index (κ3) is 6.67. The van der Waals surface area contributed by atoms with E-state index in [1.54, 1.807) is 41.2 Å². The van der Waals surface area contributed by atoms with Crippen LogP contribution in [0.1, 0.15) is 5.56 Å². The van der Waals surface area contributed by atoms with E-state index in [2.05, 4.69) is 46.4 Å². The summed E-state index contributed by atoms with van der Waals surface area (Å²) in [4.78, 5) is 7.78. The number of hydrogen-bond acceptors (Lipinski definition) is 6. The third-order valence-electron chi connectivity index (χ3n) is 4.49. The van der Waals surface area contributed by atoms with Gasteiger partial charge < -0.3 is 10.6 Å². The van der Waals surface area contributed by atoms with Crippen molar-refractivity contribution >= 4 is 83.9 Å². The monoisotopic (exact) mass is 611 g/mol. The van der Waals surface area contributed by atoms with E-state index in [9.17, 15) is 8.42 Å². The topological polar surface area (TPSA) is 114 Å². The molecule has 0 saturated carbocycles. The molecule has 0 radical (unpaired) electrons. The number of thiocarbonyl (C=S) groups is 1. The number of halogens is 3. The molecular formula is C21H16BrCl2N7O2S2. The minimum Gasteiger partial charge on any atom is -0.332 e. The van der Waals surface area contributed by atoms with Crippen LogP contribution in [0.25, 0.3) is 0 Å². The Morgan fingerprint density at radius 3 is 2.43 bits per heavy atom. The number of hydrogen-bond donors (Lipinski definition) is 3. The Hall–Kier alpha value is -2.77. The van der Waals surface area contributed by atoms with E-state index >= 15 is 0 Å². The van der Waals surface area contributed by atoms with Crippen LogP contribution in [0.2, 0.25) is 10.0 Å². The molecule has 0 saturated heterocycles. The Morgan fingerprint density at radius 2 is 1.74 bits per heavy atom. The molecule has 0 aliphatic heterocycles. The molecule has 0 fully saturated rings. The number of nitrogens with one attached hydrogen (secondary N) is 3. The van der Waals surface area contributed by atoms with Crippen LogP contribution in [0.3, 0.4) is 0 Å². The first-order valence-electron chi connectivity index (χ1n) is 9.84. The van der Waals surface area contributed by atoms with Gasteiger partial charge in [0.25, 0.3) is 10.0 Å². The highest BCUT2D eigenvalue weighted by Crippen LogP contribution is 2.25. The summed E-state index contributed by atoms with van der Waals surface area (Å²) in [5, 5.41) is 11.7. The van der Waals surface area contributed by atoms with Crippen LogP contribution in [0, 0.1) is 0 Å². The van der Waals surface area contributed by atoms with Gasteiger partial charge in [-0.1, -0.05) is 29.3 Å². The molecule has 0 aliphatic rings. The first kappa shape index (κ1) is 25.3. The Morgan fingerprint density at radius 1 is 1.03 bits per heavy atom. The SMILES string of the molecule is O=S(=O)(Nc1ncccn1)c1ccc(NC(=S)Nc2nn(Cc3ccc(Cl)c(Cl)c3)cc2Br)cc1. The fourth-order valence-electron chi connectivity index (χ4n) is 2.91. The summed E-state index contributed by atoms with van der Waals surface area (Å²) in [6.07, 6.45) is 4.69. The van der Waals surface area contributed by atoms with Crippen molar-refractivity contribution < 1.29 is 8.42 Å². The number of rotatable bonds is 7. The van der Waals surface area contributed by atoms with Gasteiger partial charge in [-0.25, -0.2) is 23.1 Å². The van der Waals surface area contributed by atoms with Crippen molar-refractivity contribution in [1.82, 2.24) is 19.7 Å². The Bertz CT molecular complexity index is 1470. The Kier molecular flexibility index (Phi) is 7.87. The molecule has 3 N–H and O–H groups in total. The molecule has 9 nitrogen and oxygen atoms in total. The van der Waals surface area contributed by atoms with Gasteiger partial charge in [0.2, 0.25) is 5.95 Å². The van der Waals surface area contributed by atoms with Crippen LogP contribution in [-0.2, 0) is 16.6 Å². The standard InChI is InChI=1S/C21H16BrCl2N7O2S2/c22-16-12-31(11-13-2-7-17(23)18(24)10-13)29-19(16)28-21(34)27-14-3-5-15(6-4-14)35(32,33)30-20-25-8-1-9-26-20/h1-10,12H,11H2,(H,25,26,30)(H2,27,28,29,34). The molecule has 0 bridgehead atoms. The van der Waals surface area contributed by atoms with Gasteiger partial charge in [-0.05, 0) is 76.2 Å². The Balaban J connectivity index is 1.37. The van der Waals surface area contributed by atoms with Gasteiger partial charge in [0, 0.05) is 24.3 Å². The summed E-state index contributed by atoms with van der Waals surface area (Å²) in [6, 6.07) is 13.0. The number of benzene rings is 2. The van der Waals surface area contributed by atoms with E-state index in [1.165, 1.54) is 24.5 Å². The van der Waals surface area contributed by atoms with Crippen molar-refractivity contribution in [2.45, 2.75) is 11.4 Å². The molecular weight excluding hydrogens is 597 g/mol. The predicted molar refractivity (Wildman–Crippen MR) is 145 cm³/mol. The summed E-state index contributed by atoms with van der Waals surface area (Å²) in [7, 11) is -3.83. The van der Waals surface area contributed by atoms with Crippen LogP contribution in [0.15, 0.2) is 76.5 Å². The fraction of sp³-hybridized carbons (Fsp3) is 0.0476. The summed E-state index contributed by atoms with van der Waals surface area (Å²) in [5.74, 6) is 0.498. The third-order valence-corrected chi connectivity index (χ3v) is 7.36. The summed E-state index contributed by atoms with van der Waals surface area (Å²) >= 11 is 20.9. The minimum absolute atomic E-state index is 0.00995. The van der Waals surface area contributed by atoms with E-state index < -0.39 is 10.0 Å². The maximum atomic E-state index is 12.5. The van der Waals surface area contributed by atoms with Gasteiger partial charge in [-0.15, -0.1) is 0 Å². The van der Waals surface area contributed by atoms with Gasteiger partial charge in [0.05, 0.1) is 26.0 Å². The molecule has 0 unspecified atom stereocenters. The zero-order valence-electron chi connectivity index (χ0n) is 17.6. The maximum Gasteiger partial charge on any atom is 0.264 e. The second kappa shape index (κ2) is 10.9. The zero-order valence-corrected chi connectivity index (χ0v) is 22.3. The molecule has 35 heavy (non-hydrogen) atoms. The first-order valence-corrected chi connectivity index (χ1v) is 13.3. The zero-order chi connectivity index (χ0) is 25.0. The lowest BCUT2D eigenvalue weighted by Gasteiger charge is -2.10. The highest BCUT2D eigenvalue weighted by molar-refractivity contribution is 9.10. The molecule has 2 heterocycles. The average molecular weight is 613 g/mol. The van der Waals surface area contributed by atoms with Gasteiger partial charge in [-0.2, -0.15) is 5.10 Å². The fourth-order valence-corrected chi connectivity index (χ4v) is 4.81. The maximum absolute atomic E-state index is 12.5. The van der Waals surface area contributed by atoms with Crippen LogP contribution < -0.4 is 15.4 Å². The van der Waals surface area contributed by atoms with Crippen molar-refractivity contribution in [3.05, 3.63) is 87.2 Å². The second-order valence-corrected chi connectivity index (χ2v) is 10.8. The number of anilines is 3.